The van der Waals surface area contributed by atoms with Crippen LogP contribution < -0.4 is 5.32 Å². The zero-order valence-corrected chi connectivity index (χ0v) is 16.2. The van der Waals surface area contributed by atoms with Gasteiger partial charge >= 0.3 is 5.97 Å². The van der Waals surface area contributed by atoms with Crippen LogP contribution in [0.3, 0.4) is 0 Å². The molecule has 0 spiro atoms. The number of carbonyl (C=O) groups excluding carboxylic acids is 1. The Balaban J connectivity index is 1.94. The Kier molecular flexibility index (Phi) is 4.02. The Morgan fingerprint density at radius 3 is 2.24 bits per heavy atom. The Labute approximate surface area is 168 Å². The molecular formula is C25H21NO3. The number of carboxylic acid groups (broad SMARTS) is 1. The fourth-order valence-electron chi connectivity index (χ4n) is 4.92. The Morgan fingerprint density at radius 1 is 1.00 bits per heavy atom. The van der Waals surface area contributed by atoms with E-state index >= 15 is 0 Å². The van der Waals surface area contributed by atoms with E-state index in [9.17, 15) is 14.7 Å². The lowest BCUT2D eigenvalue weighted by Crippen LogP contribution is -2.34. The van der Waals surface area contributed by atoms with Crippen LogP contribution in [-0.2, 0) is 9.59 Å². The van der Waals surface area contributed by atoms with Crippen LogP contribution in [0.1, 0.15) is 37.7 Å². The van der Waals surface area contributed by atoms with Gasteiger partial charge in [-0.25, -0.2) is 4.79 Å². The van der Waals surface area contributed by atoms with Crippen molar-refractivity contribution in [2.45, 2.75) is 32.1 Å². The van der Waals surface area contributed by atoms with Crippen LogP contribution in [0.5, 0.6) is 0 Å². The van der Waals surface area contributed by atoms with Crippen LogP contribution in [0.15, 0.2) is 77.1 Å². The number of ketones is 1. The summed E-state index contributed by atoms with van der Waals surface area (Å²) in [6.45, 7) is 1.80. The summed E-state index contributed by atoms with van der Waals surface area (Å²) < 4.78 is 0. The Hall–Kier alpha value is -3.40. The van der Waals surface area contributed by atoms with Crippen LogP contribution in [-0.4, -0.2) is 16.9 Å². The van der Waals surface area contributed by atoms with Gasteiger partial charge < -0.3 is 10.4 Å². The minimum Gasteiger partial charge on any atom is -0.478 e. The maximum absolute atomic E-state index is 13.0. The van der Waals surface area contributed by atoms with E-state index < -0.39 is 11.9 Å². The molecule has 3 aromatic rings. The highest BCUT2D eigenvalue weighted by atomic mass is 16.4. The number of benzene rings is 3. The molecule has 0 radical (unpaired) electrons. The average molecular weight is 383 g/mol. The van der Waals surface area contributed by atoms with Gasteiger partial charge in [-0.3, -0.25) is 4.79 Å². The SMILES string of the molecule is CC1=C(C(=O)O)C(c2c3ccccc3cc3ccccc23)C2=C(CCCC2=O)N1. The number of Topliss-reactive ketones (excluding diaryl/α,β-unsaturated/α-hetero) is 1. The number of aliphatic carboxylic acids is 1. The van der Waals surface area contributed by atoms with Gasteiger partial charge in [0.05, 0.1) is 5.57 Å². The van der Waals surface area contributed by atoms with E-state index in [-0.39, 0.29) is 11.4 Å². The third-order valence-electron chi connectivity index (χ3n) is 6.11. The molecule has 5 rings (SSSR count). The van der Waals surface area contributed by atoms with E-state index in [1.54, 1.807) is 6.92 Å². The van der Waals surface area contributed by atoms with E-state index in [4.69, 9.17) is 0 Å². The highest BCUT2D eigenvalue weighted by Gasteiger charge is 2.39. The van der Waals surface area contributed by atoms with Crippen molar-refractivity contribution < 1.29 is 14.7 Å². The zero-order chi connectivity index (χ0) is 20.1. The summed E-state index contributed by atoms with van der Waals surface area (Å²) in [4.78, 5) is 25.4. The van der Waals surface area contributed by atoms with Crippen LogP contribution in [0.25, 0.3) is 21.5 Å². The minimum atomic E-state index is -0.984. The third-order valence-corrected chi connectivity index (χ3v) is 6.11. The number of allylic oxidation sites excluding steroid dienone is 3. The van der Waals surface area contributed by atoms with Gasteiger partial charge in [0, 0.05) is 29.3 Å². The molecule has 2 aliphatic rings. The molecule has 2 N–H and O–H groups in total. The fraction of sp³-hybridized carbons (Fsp3) is 0.200. The molecule has 0 bridgehead atoms. The smallest absolute Gasteiger partial charge is 0.334 e. The van der Waals surface area contributed by atoms with Crippen LogP contribution in [0, 0.1) is 0 Å². The van der Waals surface area contributed by atoms with Gasteiger partial charge in [0.15, 0.2) is 5.78 Å². The van der Waals surface area contributed by atoms with Gasteiger partial charge in [-0.1, -0.05) is 48.5 Å². The lowest BCUT2D eigenvalue weighted by Gasteiger charge is -2.34. The zero-order valence-electron chi connectivity index (χ0n) is 16.2. The summed E-state index contributed by atoms with van der Waals surface area (Å²) in [5.41, 5.74) is 3.31. The first-order valence-corrected chi connectivity index (χ1v) is 9.94. The molecule has 1 aliphatic carbocycles. The van der Waals surface area contributed by atoms with Crippen LogP contribution in [0.4, 0.5) is 0 Å². The number of rotatable bonds is 2. The molecule has 4 heteroatoms. The predicted octanol–water partition coefficient (Wildman–Crippen LogP) is 5.05. The number of dihydropyridines is 1. The Morgan fingerprint density at radius 2 is 1.62 bits per heavy atom. The molecule has 0 amide bonds. The van der Waals surface area contributed by atoms with Gasteiger partial charge in [-0.15, -0.1) is 0 Å². The lowest BCUT2D eigenvalue weighted by atomic mass is 9.73. The summed E-state index contributed by atoms with van der Waals surface area (Å²) in [6, 6.07) is 18.2. The van der Waals surface area contributed by atoms with E-state index in [2.05, 4.69) is 11.4 Å². The molecule has 1 unspecified atom stereocenters. The summed E-state index contributed by atoms with van der Waals surface area (Å²) in [5, 5.41) is 17.5. The fourth-order valence-corrected chi connectivity index (χ4v) is 4.92. The molecule has 4 nitrogen and oxygen atoms in total. The molecule has 0 aromatic heterocycles. The maximum Gasteiger partial charge on any atom is 0.334 e. The largest absolute Gasteiger partial charge is 0.478 e. The van der Waals surface area contributed by atoms with E-state index in [1.807, 2.05) is 48.5 Å². The van der Waals surface area contributed by atoms with Gasteiger partial charge in [0.25, 0.3) is 0 Å². The molecule has 0 saturated heterocycles. The number of carboxylic acids is 1. The minimum absolute atomic E-state index is 0.0482. The normalized spacial score (nSPS) is 19.5. The van der Waals surface area contributed by atoms with E-state index in [1.165, 1.54) is 0 Å². The molecular weight excluding hydrogens is 362 g/mol. The molecule has 0 saturated carbocycles. The molecule has 1 atom stereocenters. The summed E-state index contributed by atoms with van der Waals surface area (Å²) >= 11 is 0. The number of fused-ring (bicyclic) bond motifs is 2. The maximum atomic E-state index is 13.0. The van der Waals surface area contributed by atoms with Gasteiger partial charge in [-0.05, 0) is 52.9 Å². The molecule has 29 heavy (non-hydrogen) atoms. The number of nitrogens with one attached hydrogen (secondary N) is 1. The topological polar surface area (TPSA) is 66.4 Å². The van der Waals surface area contributed by atoms with Gasteiger partial charge in [-0.2, -0.15) is 0 Å². The first kappa shape index (κ1) is 17.7. The Bertz CT molecular complexity index is 1210. The first-order valence-electron chi connectivity index (χ1n) is 9.94. The van der Waals surface area contributed by atoms with E-state index in [0.29, 0.717) is 17.7 Å². The van der Waals surface area contributed by atoms with Crippen molar-refractivity contribution in [3.63, 3.8) is 0 Å². The molecule has 144 valence electrons. The quantitative estimate of drug-likeness (QED) is 0.608. The average Bonchev–Trinajstić information content (AvgIpc) is 2.71. The summed E-state index contributed by atoms with van der Waals surface area (Å²) in [5.74, 6) is -1.51. The number of hydrogen-bond donors (Lipinski definition) is 2. The first-order chi connectivity index (χ1) is 14.1. The van der Waals surface area contributed by atoms with Crippen molar-refractivity contribution in [1.29, 1.82) is 0 Å². The summed E-state index contributed by atoms with van der Waals surface area (Å²) in [6.07, 6.45) is 2.03. The highest BCUT2D eigenvalue weighted by Crippen LogP contribution is 2.46. The monoisotopic (exact) mass is 383 g/mol. The van der Waals surface area contributed by atoms with Crippen molar-refractivity contribution in [2.75, 3.05) is 0 Å². The molecule has 1 heterocycles. The van der Waals surface area contributed by atoms with Crippen molar-refractivity contribution >= 4 is 33.3 Å². The van der Waals surface area contributed by atoms with Crippen molar-refractivity contribution in [3.05, 3.63) is 82.7 Å². The van der Waals surface area contributed by atoms with Crippen molar-refractivity contribution in [1.82, 2.24) is 5.32 Å². The van der Waals surface area contributed by atoms with Crippen molar-refractivity contribution in [3.8, 4) is 0 Å². The third kappa shape index (κ3) is 2.67. The lowest BCUT2D eigenvalue weighted by molar-refractivity contribution is -0.133. The number of carbonyl (C=O) groups is 2. The second-order valence-corrected chi connectivity index (χ2v) is 7.80. The van der Waals surface area contributed by atoms with Crippen molar-refractivity contribution in [2.24, 2.45) is 0 Å². The molecule has 1 aliphatic heterocycles. The highest BCUT2D eigenvalue weighted by molar-refractivity contribution is 6.09. The van der Waals surface area contributed by atoms with Crippen LogP contribution >= 0.6 is 0 Å². The van der Waals surface area contributed by atoms with E-state index in [0.717, 1.165) is 45.6 Å². The summed E-state index contributed by atoms with van der Waals surface area (Å²) in [7, 11) is 0. The predicted molar refractivity (Wildman–Crippen MR) is 114 cm³/mol. The van der Waals surface area contributed by atoms with Gasteiger partial charge in [0.1, 0.15) is 0 Å². The number of hydrogen-bond acceptors (Lipinski definition) is 3. The second-order valence-electron chi connectivity index (χ2n) is 7.80. The van der Waals surface area contributed by atoms with Crippen LogP contribution in [0.2, 0.25) is 0 Å². The standard InChI is InChI=1S/C25H21NO3/c1-14-21(25(28)29)24(23-19(26-14)11-6-12-20(23)27)22-17-9-4-2-7-15(17)13-16-8-3-5-10-18(16)22/h2-5,7-10,13,24,26H,6,11-12H2,1H3,(H,28,29). The second kappa shape index (κ2) is 6.59. The van der Waals surface area contributed by atoms with Gasteiger partial charge in [0.2, 0.25) is 0 Å². The molecule has 0 fully saturated rings. The molecule has 3 aromatic carbocycles.